The molecule has 8 atom stereocenters. The zero-order chi connectivity index (χ0) is 63.6. The molecule has 0 aromatic heterocycles. The van der Waals surface area contributed by atoms with E-state index in [4.69, 9.17) is 37.2 Å². The van der Waals surface area contributed by atoms with Crippen LogP contribution in [0, 0.1) is 29.1 Å². The zero-order valence-electron chi connectivity index (χ0n) is 57.1. The van der Waals surface area contributed by atoms with E-state index in [9.17, 15) is 0 Å². The highest BCUT2D eigenvalue weighted by Gasteiger charge is 2.68. The summed E-state index contributed by atoms with van der Waals surface area (Å²) in [7, 11) is -1.00. The van der Waals surface area contributed by atoms with Gasteiger partial charge in [0.2, 0.25) is 0 Å². The number of aryl methyl sites for hydroxylation is 4. The van der Waals surface area contributed by atoms with Gasteiger partial charge >= 0.3 is 28.5 Å². The fraction of sp³-hybridized carbons (Fsp3) is 0.538. The first kappa shape index (κ1) is 68.1. The average molecular weight is 1230 g/mol. The van der Waals surface area contributed by atoms with Gasteiger partial charge in [-0.05, 0) is 197 Å². The maximum Gasteiger partial charge on any atom is 0.494 e. The minimum absolute atomic E-state index is 0. The summed E-state index contributed by atoms with van der Waals surface area (Å²) in [6.07, 6.45) is 21.0. The Morgan fingerprint density at radius 2 is 0.811 bits per heavy atom. The van der Waals surface area contributed by atoms with E-state index in [0.717, 1.165) is 65.5 Å². The number of benzene rings is 6. The molecule has 2 bridgehead atoms. The van der Waals surface area contributed by atoms with E-state index in [-0.39, 0.29) is 69.3 Å². The molecule has 0 N–H and O–H groups in total. The summed E-state index contributed by atoms with van der Waals surface area (Å²) in [6, 6.07) is 55.2. The first-order valence-electron chi connectivity index (χ1n) is 35.0. The van der Waals surface area contributed by atoms with Crippen LogP contribution in [-0.4, -0.2) is 63.6 Å². The smallest absolute Gasteiger partial charge is 0.403 e. The number of hydrogen-bond acceptors (Lipinski definition) is 8. The molecule has 8 unspecified atom stereocenters. The van der Waals surface area contributed by atoms with E-state index in [0.29, 0.717) is 35.4 Å². The summed E-state index contributed by atoms with van der Waals surface area (Å²) in [5.74, 6) is 2.86. The van der Waals surface area contributed by atoms with Crippen molar-refractivity contribution in [2.24, 2.45) is 29.1 Å². The van der Waals surface area contributed by atoms with Crippen LogP contribution in [0.3, 0.4) is 0 Å². The van der Waals surface area contributed by atoms with E-state index in [1.165, 1.54) is 98.3 Å². The molecule has 8 fully saturated rings. The molecule has 90 heavy (non-hydrogen) atoms. The predicted octanol–water partition coefficient (Wildman–Crippen LogP) is 17.1. The van der Waals surface area contributed by atoms with Gasteiger partial charge in [0.1, 0.15) is 0 Å². The zero-order valence-corrected chi connectivity index (χ0v) is 57.1. The van der Waals surface area contributed by atoms with Crippen molar-refractivity contribution in [2.45, 2.75) is 240 Å². The summed E-state index contributed by atoms with van der Waals surface area (Å²) in [6.45, 7) is 28.1. The molecule has 3 heterocycles. The van der Waals surface area contributed by atoms with Crippen molar-refractivity contribution in [3.8, 4) is 0 Å². The van der Waals surface area contributed by atoms with Crippen molar-refractivity contribution in [3.63, 3.8) is 0 Å². The van der Waals surface area contributed by atoms with E-state index < -0.39 is 0 Å². The highest BCUT2D eigenvalue weighted by molar-refractivity contribution is 6.63. The number of hydrogen-bond donors (Lipinski definition) is 0. The first-order chi connectivity index (χ1) is 43.2. The third-order valence-corrected chi connectivity index (χ3v) is 20.7. The molecule has 14 rings (SSSR count). The van der Waals surface area contributed by atoms with Gasteiger partial charge in [-0.15, -0.1) is 0 Å². The standard InChI is InChI=1S/C22H33BO2.C22H21BO2.C18H25BO2.C16H27BO2.4H2/c2*1-2-17-13-15-20(16-14-17)23-24-21(18-9-5-3-6-10-18)22(25-23)19-11-7-4-8-12-19;1-5-12-6-8-14(9-7-12)19-20-16-11-13-10-15(17(13,2)3)18(16,4)21-19;1-8-13-9-11-14(12-10-13)17(18-15(2,3)4)19-16(5,6)7;;;;/h13-16,18-19,21-22H,2-12H2,1H3;3-16,21-22H,2H2,1H3;6-9,13,15-16H,5,10-11H2,1-4H3;9-12H,8H2,1-7H3;4*1H/i;;;;4*1+1. The molecule has 6 aromatic rings. The summed E-state index contributed by atoms with van der Waals surface area (Å²) in [4.78, 5) is 0. The normalized spacial score (nSPS) is 25.6. The van der Waals surface area contributed by atoms with Crippen LogP contribution < -0.4 is 21.9 Å². The van der Waals surface area contributed by atoms with Crippen molar-refractivity contribution in [1.82, 2.24) is 0 Å². The molecule has 3 saturated heterocycles. The molecule has 486 valence electrons. The summed E-state index contributed by atoms with van der Waals surface area (Å²) in [5, 5.41) is 0. The van der Waals surface area contributed by atoms with Gasteiger partial charge in [0, 0.05) is 16.9 Å². The maximum absolute atomic E-state index is 6.60. The van der Waals surface area contributed by atoms with Gasteiger partial charge in [-0.2, -0.15) is 0 Å². The molecule has 12 heteroatoms. The second-order valence-corrected chi connectivity index (χ2v) is 29.6. The van der Waals surface area contributed by atoms with Crippen LogP contribution in [0.25, 0.3) is 0 Å². The van der Waals surface area contributed by atoms with Crippen LogP contribution in [0.1, 0.15) is 218 Å². The van der Waals surface area contributed by atoms with Crippen LogP contribution in [0.15, 0.2) is 158 Å². The largest absolute Gasteiger partial charge is 0.494 e. The lowest BCUT2D eigenvalue weighted by Crippen LogP contribution is -2.65. The van der Waals surface area contributed by atoms with Crippen LogP contribution in [0.5, 0.6) is 0 Å². The molecular weight excluding hydrogens is 1110 g/mol. The van der Waals surface area contributed by atoms with Crippen molar-refractivity contribution in [3.05, 3.63) is 191 Å². The molecule has 5 saturated carbocycles. The molecule has 3 aliphatic heterocycles. The SMILES string of the molecule is CCc1ccc(B(OC(C)(C)C)OC(C)(C)C)cc1.CCc1ccc(B2OC(C3CCCCC3)C(C3CCCCC3)O2)cc1.CCc1ccc(B2OC(c3ccccc3)C(c3ccccc3)O2)cc1.CCc1ccc(B2OC3CC4CC(C4(C)C)C3(C)O2)cc1.[2HH].[2HH].[2HH].[2HH]. The quantitative estimate of drug-likeness (QED) is 0.0999. The average Bonchev–Trinajstić information content (AvgIpc) is 1.37. The number of rotatable bonds is 14. The fourth-order valence-electron chi connectivity index (χ4n) is 15.2. The van der Waals surface area contributed by atoms with Crippen molar-refractivity contribution in [2.75, 3.05) is 0 Å². The summed E-state index contributed by atoms with van der Waals surface area (Å²) in [5.41, 5.74) is 12.0. The Morgan fingerprint density at radius 1 is 0.444 bits per heavy atom. The molecule has 8 aliphatic rings. The van der Waals surface area contributed by atoms with Crippen molar-refractivity contribution < 1.29 is 42.9 Å². The maximum atomic E-state index is 6.60. The third-order valence-electron chi connectivity index (χ3n) is 20.7. The van der Waals surface area contributed by atoms with Crippen molar-refractivity contribution in [1.29, 1.82) is 0 Å². The lowest BCUT2D eigenvalue weighted by Gasteiger charge is -2.64. The Bertz CT molecular complexity index is 3040. The molecule has 0 radical (unpaired) electrons. The predicted molar refractivity (Wildman–Crippen MR) is 383 cm³/mol. The highest BCUT2D eigenvalue weighted by atomic mass is 16.7. The van der Waals surface area contributed by atoms with Gasteiger partial charge in [-0.25, -0.2) is 0 Å². The summed E-state index contributed by atoms with van der Waals surface area (Å²) < 4.78 is 50.8. The Balaban J connectivity index is 0.000000197. The van der Waals surface area contributed by atoms with Crippen LogP contribution in [0.2, 0.25) is 0 Å². The monoisotopic (exact) mass is 1230 g/mol. The van der Waals surface area contributed by atoms with Gasteiger partial charge in [-0.3, -0.25) is 0 Å². The minimum Gasteiger partial charge on any atom is -0.403 e. The van der Waals surface area contributed by atoms with E-state index in [2.05, 4.69) is 170 Å². The lowest BCUT2D eigenvalue weighted by molar-refractivity contribution is -0.199. The van der Waals surface area contributed by atoms with Crippen molar-refractivity contribution >= 4 is 50.3 Å². The van der Waals surface area contributed by atoms with Crippen LogP contribution >= 0.6 is 0 Å². The first-order valence-corrected chi connectivity index (χ1v) is 35.0. The highest BCUT2D eigenvalue weighted by Crippen LogP contribution is 2.65. The lowest BCUT2D eigenvalue weighted by atomic mass is 9.43. The Hall–Kier alpha value is -4.74. The second-order valence-electron chi connectivity index (χ2n) is 29.6. The molecular formula is C78H114B4O8. The van der Waals surface area contributed by atoms with Crippen LogP contribution in [0.4, 0.5) is 0 Å². The molecule has 6 aromatic carbocycles. The van der Waals surface area contributed by atoms with E-state index in [1.54, 1.807) is 0 Å². The molecule has 0 spiro atoms. The van der Waals surface area contributed by atoms with E-state index in [1.807, 2.05) is 77.9 Å². The van der Waals surface area contributed by atoms with Gasteiger partial charge in [0.15, 0.2) is 0 Å². The molecule has 5 aliphatic carbocycles. The molecule has 8 nitrogen and oxygen atoms in total. The molecule has 0 amide bonds. The third kappa shape index (κ3) is 17.0. The van der Waals surface area contributed by atoms with Gasteiger partial charge < -0.3 is 37.2 Å². The van der Waals surface area contributed by atoms with E-state index >= 15 is 0 Å². The minimum atomic E-state index is -0.346. The van der Waals surface area contributed by atoms with Gasteiger partial charge in [-0.1, -0.05) is 238 Å². The van der Waals surface area contributed by atoms with Gasteiger partial charge in [0.05, 0.1) is 36.1 Å². The Morgan fingerprint density at radius 3 is 1.18 bits per heavy atom. The second kappa shape index (κ2) is 30.6. The Kier molecular flexibility index (Phi) is 23.1. The summed E-state index contributed by atoms with van der Waals surface area (Å²) >= 11 is 0. The van der Waals surface area contributed by atoms with Crippen LogP contribution in [-0.2, 0) is 62.9 Å². The topological polar surface area (TPSA) is 73.8 Å². The fourth-order valence-corrected chi connectivity index (χ4v) is 15.2. The van der Waals surface area contributed by atoms with Gasteiger partial charge in [0.25, 0.3) is 0 Å². The Labute approximate surface area is 550 Å².